The van der Waals surface area contributed by atoms with Crippen LogP contribution in [-0.2, 0) is 11.2 Å². The number of hydrogen-bond acceptors (Lipinski definition) is 6. The molecule has 7 nitrogen and oxygen atoms in total. The average molecular weight is 386 g/mol. The van der Waals surface area contributed by atoms with Gasteiger partial charge in [-0.3, -0.25) is 0 Å². The number of anilines is 2. The van der Waals surface area contributed by atoms with Gasteiger partial charge in [-0.05, 0) is 30.2 Å². The monoisotopic (exact) mass is 385 g/mol. The van der Waals surface area contributed by atoms with Gasteiger partial charge in [0, 0.05) is 28.7 Å². The van der Waals surface area contributed by atoms with Crippen molar-refractivity contribution in [3.8, 4) is 11.5 Å². The maximum absolute atomic E-state index is 10.8. The van der Waals surface area contributed by atoms with E-state index in [9.17, 15) is 4.79 Å². The lowest BCUT2D eigenvalue weighted by molar-refractivity contribution is -0.139. The smallest absolute Gasteiger partial charge is 0.341 e. The highest BCUT2D eigenvalue weighted by atomic mass is 35.5. The number of halogens is 1. The van der Waals surface area contributed by atoms with Crippen molar-refractivity contribution in [1.29, 1.82) is 0 Å². The van der Waals surface area contributed by atoms with Gasteiger partial charge in [0.2, 0.25) is 0 Å². The van der Waals surface area contributed by atoms with Crippen LogP contribution in [0.15, 0.2) is 36.7 Å². The Hall–Kier alpha value is -3.06. The first kappa shape index (κ1) is 17.4. The van der Waals surface area contributed by atoms with E-state index in [0.29, 0.717) is 22.0 Å². The molecule has 0 unspecified atom stereocenters. The van der Waals surface area contributed by atoms with Gasteiger partial charge >= 0.3 is 5.97 Å². The van der Waals surface area contributed by atoms with E-state index in [1.807, 2.05) is 18.2 Å². The summed E-state index contributed by atoms with van der Waals surface area (Å²) >= 11 is 6.18. The average Bonchev–Trinajstić information content (AvgIpc) is 3.07. The van der Waals surface area contributed by atoms with E-state index in [4.69, 9.17) is 26.2 Å². The molecular formula is C19H16ClN3O4. The van der Waals surface area contributed by atoms with Gasteiger partial charge < -0.3 is 19.5 Å². The molecule has 1 N–H and O–H groups in total. The number of methoxy groups -OCH3 is 1. The number of aliphatic carboxylic acids is 1. The zero-order valence-electron chi connectivity index (χ0n) is 14.5. The Morgan fingerprint density at radius 3 is 2.89 bits per heavy atom. The van der Waals surface area contributed by atoms with Gasteiger partial charge in [-0.1, -0.05) is 17.7 Å². The van der Waals surface area contributed by atoms with Crippen molar-refractivity contribution in [1.82, 2.24) is 9.97 Å². The van der Waals surface area contributed by atoms with Crippen molar-refractivity contribution in [3.05, 3.63) is 47.2 Å². The standard InChI is InChI=1S/C19H16ClN3O4/c1-26-16-7-13-14(8-17(16)27-9-18(24)25)21-10-22-19(13)23-5-4-11-2-3-12(20)6-15(11)23/h2-3,6-8,10H,4-5,9H2,1H3,(H,24,25). The third-order valence-corrected chi connectivity index (χ3v) is 4.68. The van der Waals surface area contributed by atoms with Gasteiger partial charge in [-0.2, -0.15) is 0 Å². The van der Waals surface area contributed by atoms with E-state index < -0.39 is 12.6 Å². The molecule has 4 rings (SSSR count). The maximum atomic E-state index is 10.8. The molecule has 0 radical (unpaired) electrons. The zero-order valence-corrected chi connectivity index (χ0v) is 15.2. The highest BCUT2D eigenvalue weighted by molar-refractivity contribution is 6.31. The van der Waals surface area contributed by atoms with E-state index in [1.165, 1.54) is 19.0 Å². The number of hydrogen-bond donors (Lipinski definition) is 1. The number of aromatic nitrogens is 2. The molecule has 0 aliphatic carbocycles. The molecule has 0 amide bonds. The summed E-state index contributed by atoms with van der Waals surface area (Å²) in [4.78, 5) is 21.7. The first-order valence-electron chi connectivity index (χ1n) is 8.30. The molecule has 3 aromatic rings. The predicted molar refractivity (Wildman–Crippen MR) is 101 cm³/mol. The van der Waals surface area contributed by atoms with Crippen molar-refractivity contribution >= 4 is 40.0 Å². The second-order valence-corrected chi connectivity index (χ2v) is 6.51. The summed E-state index contributed by atoms with van der Waals surface area (Å²) in [5.74, 6) is 0.419. The van der Waals surface area contributed by atoms with Crippen molar-refractivity contribution in [3.63, 3.8) is 0 Å². The Kier molecular flexibility index (Phi) is 4.45. The fourth-order valence-corrected chi connectivity index (χ4v) is 3.42. The lowest BCUT2D eigenvalue weighted by Crippen LogP contribution is -2.15. The van der Waals surface area contributed by atoms with Crippen molar-refractivity contribution in [2.24, 2.45) is 0 Å². The molecule has 2 aromatic carbocycles. The van der Waals surface area contributed by atoms with Crippen LogP contribution in [0.1, 0.15) is 5.56 Å². The number of benzene rings is 2. The quantitative estimate of drug-likeness (QED) is 0.719. The van der Waals surface area contributed by atoms with Crippen molar-refractivity contribution < 1.29 is 19.4 Å². The third kappa shape index (κ3) is 3.21. The topological polar surface area (TPSA) is 84.8 Å². The summed E-state index contributed by atoms with van der Waals surface area (Å²) in [7, 11) is 1.50. The van der Waals surface area contributed by atoms with E-state index in [2.05, 4.69) is 14.9 Å². The zero-order chi connectivity index (χ0) is 19.0. The SMILES string of the molecule is COc1cc2c(N3CCc4ccc(Cl)cc43)ncnc2cc1OCC(=O)O. The Morgan fingerprint density at radius 2 is 2.11 bits per heavy atom. The van der Waals surface area contributed by atoms with Crippen LogP contribution in [0.25, 0.3) is 10.9 Å². The van der Waals surface area contributed by atoms with Crippen molar-refractivity contribution in [2.75, 3.05) is 25.2 Å². The number of fused-ring (bicyclic) bond motifs is 2. The van der Waals surface area contributed by atoms with E-state index in [1.54, 1.807) is 12.1 Å². The molecular weight excluding hydrogens is 370 g/mol. The van der Waals surface area contributed by atoms with Crippen LogP contribution in [0, 0.1) is 0 Å². The molecule has 138 valence electrons. The second-order valence-electron chi connectivity index (χ2n) is 6.07. The summed E-state index contributed by atoms with van der Waals surface area (Å²) < 4.78 is 10.7. The summed E-state index contributed by atoms with van der Waals surface area (Å²) in [5.41, 5.74) is 2.86. The highest BCUT2D eigenvalue weighted by Gasteiger charge is 2.24. The normalized spacial score (nSPS) is 12.9. The van der Waals surface area contributed by atoms with Gasteiger partial charge in [0.25, 0.3) is 0 Å². The Labute approximate surface area is 160 Å². The molecule has 0 saturated carbocycles. The molecule has 0 bridgehead atoms. The number of nitrogens with zero attached hydrogens (tertiary/aromatic N) is 3. The molecule has 0 spiro atoms. The number of ether oxygens (including phenoxy) is 2. The van der Waals surface area contributed by atoms with Gasteiger partial charge in [-0.25, -0.2) is 14.8 Å². The van der Waals surface area contributed by atoms with E-state index in [-0.39, 0.29) is 0 Å². The largest absolute Gasteiger partial charge is 0.493 e. The Bertz CT molecular complexity index is 1040. The van der Waals surface area contributed by atoms with Crippen LogP contribution in [0.4, 0.5) is 11.5 Å². The van der Waals surface area contributed by atoms with Crippen LogP contribution in [-0.4, -0.2) is 41.3 Å². The molecule has 1 aliphatic rings. The minimum absolute atomic E-state index is 0.321. The minimum Gasteiger partial charge on any atom is -0.493 e. The summed E-state index contributed by atoms with van der Waals surface area (Å²) in [6.45, 7) is 0.319. The Morgan fingerprint density at radius 1 is 1.26 bits per heavy atom. The fraction of sp³-hybridized carbons (Fsp3) is 0.211. The summed E-state index contributed by atoms with van der Waals surface area (Å²) in [5, 5.41) is 10.3. The third-order valence-electron chi connectivity index (χ3n) is 4.45. The van der Waals surface area contributed by atoms with Crippen molar-refractivity contribution in [2.45, 2.75) is 6.42 Å². The van der Waals surface area contributed by atoms with E-state index in [0.717, 1.165) is 29.9 Å². The fourth-order valence-electron chi connectivity index (χ4n) is 3.25. The van der Waals surface area contributed by atoms with Crippen LogP contribution in [0.2, 0.25) is 5.02 Å². The molecule has 0 atom stereocenters. The van der Waals surface area contributed by atoms with E-state index >= 15 is 0 Å². The van der Waals surface area contributed by atoms with Crippen LogP contribution in [0.5, 0.6) is 11.5 Å². The molecule has 1 aliphatic heterocycles. The van der Waals surface area contributed by atoms with Crippen LogP contribution < -0.4 is 14.4 Å². The summed E-state index contributed by atoms with van der Waals surface area (Å²) in [6, 6.07) is 9.28. The van der Waals surface area contributed by atoms with Gasteiger partial charge in [0.15, 0.2) is 18.1 Å². The first-order chi connectivity index (χ1) is 13.1. The Balaban J connectivity index is 1.81. The molecule has 0 fully saturated rings. The summed E-state index contributed by atoms with van der Waals surface area (Å²) in [6.07, 6.45) is 2.38. The van der Waals surface area contributed by atoms with Crippen LogP contribution >= 0.6 is 11.6 Å². The highest BCUT2D eigenvalue weighted by Crippen LogP contribution is 2.40. The lowest BCUT2D eigenvalue weighted by atomic mass is 10.1. The van der Waals surface area contributed by atoms with Crippen LogP contribution in [0.3, 0.4) is 0 Å². The van der Waals surface area contributed by atoms with Gasteiger partial charge in [0.1, 0.15) is 12.1 Å². The van der Waals surface area contributed by atoms with Gasteiger partial charge in [0.05, 0.1) is 12.6 Å². The molecule has 8 heteroatoms. The molecule has 27 heavy (non-hydrogen) atoms. The number of rotatable bonds is 5. The predicted octanol–water partition coefficient (Wildman–Crippen LogP) is 3.45. The lowest BCUT2D eigenvalue weighted by Gasteiger charge is -2.20. The number of carboxylic acids is 1. The second kappa shape index (κ2) is 6.92. The first-order valence-corrected chi connectivity index (χ1v) is 8.68. The molecule has 1 aromatic heterocycles. The number of carboxylic acid groups (broad SMARTS) is 1. The molecule has 0 saturated heterocycles. The number of carbonyl (C=O) groups is 1. The van der Waals surface area contributed by atoms with Gasteiger partial charge in [-0.15, -0.1) is 0 Å². The minimum atomic E-state index is -1.06. The molecule has 2 heterocycles. The maximum Gasteiger partial charge on any atom is 0.341 e.